The first-order valence-corrected chi connectivity index (χ1v) is 7.86. The van der Waals surface area contributed by atoms with Crippen molar-refractivity contribution in [3.05, 3.63) is 29.8 Å². The molecule has 0 aliphatic carbocycles. The van der Waals surface area contributed by atoms with Crippen LogP contribution in [-0.2, 0) is 15.8 Å². The zero-order valence-electron chi connectivity index (χ0n) is 14.1. The molecule has 0 radical (unpaired) electrons. The highest BCUT2D eigenvalue weighted by molar-refractivity contribution is 6.10. The Kier molecular flexibility index (Phi) is 6.81. The minimum atomic E-state index is -4.59. The van der Waals surface area contributed by atoms with E-state index in [1.165, 1.54) is 26.0 Å². The predicted octanol–water partition coefficient (Wildman–Crippen LogP) is 3.98. The number of hydrogen-bond donors (Lipinski definition) is 2. The zero-order valence-corrected chi connectivity index (χ0v) is 14.1. The second kappa shape index (κ2) is 8.17. The van der Waals surface area contributed by atoms with Gasteiger partial charge in [0, 0.05) is 6.54 Å². The van der Waals surface area contributed by atoms with Crippen LogP contribution in [0.4, 0.5) is 18.9 Å². The summed E-state index contributed by atoms with van der Waals surface area (Å²) in [5, 5.41) is 4.87. The van der Waals surface area contributed by atoms with Crippen LogP contribution in [0.25, 0.3) is 0 Å². The molecule has 0 aliphatic heterocycles. The SMILES string of the molecule is CCCCCNC(=O)C(C)(C)C(=O)Nc1ccccc1C(F)(F)F. The smallest absolute Gasteiger partial charge is 0.355 e. The number of nitrogens with one attached hydrogen (secondary N) is 2. The van der Waals surface area contributed by atoms with Crippen molar-refractivity contribution in [2.24, 2.45) is 5.41 Å². The van der Waals surface area contributed by atoms with Crippen molar-refractivity contribution in [3.63, 3.8) is 0 Å². The number of amides is 2. The van der Waals surface area contributed by atoms with Gasteiger partial charge in [-0.05, 0) is 32.4 Å². The molecule has 0 aromatic heterocycles. The lowest BCUT2D eigenvalue weighted by Gasteiger charge is -2.24. The number of hydrogen-bond acceptors (Lipinski definition) is 2. The Balaban J connectivity index is 2.81. The zero-order chi connectivity index (χ0) is 18.4. The molecule has 0 heterocycles. The first-order valence-electron chi connectivity index (χ1n) is 7.86. The van der Waals surface area contributed by atoms with Crippen molar-refractivity contribution in [2.45, 2.75) is 46.2 Å². The first kappa shape index (κ1) is 20.0. The molecule has 0 saturated heterocycles. The van der Waals surface area contributed by atoms with Crippen LogP contribution in [0.2, 0.25) is 0 Å². The van der Waals surface area contributed by atoms with Gasteiger partial charge in [0.15, 0.2) is 0 Å². The second-order valence-electron chi connectivity index (χ2n) is 6.09. The molecule has 7 heteroatoms. The summed E-state index contributed by atoms with van der Waals surface area (Å²) in [5.74, 6) is -1.30. The van der Waals surface area contributed by atoms with Crippen LogP contribution in [0.5, 0.6) is 0 Å². The van der Waals surface area contributed by atoms with E-state index in [-0.39, 0.29) is 5.69 Å². The summed E-state index contributed by atoms with van der Waals surface area (Å²) in [7, 11) is 0. The molecule has 4 nitrogen and oxygen atoms in total. The fraction of sp³-hybridized carbons (Fsp3) is 0.529. The quantitative estimate of drug-likeness (QED) is 0.581. The van der Waals surface area contributed by atoms with E-state index in [1.54, 1.807) is 0 Å². The highest BCUT2D eigenvalue weighted by atomic mass is 19.4. The summed E-state index contributed by atoms with van der Waals surface area (Å²) in [6, 6.07) is 4.68. The van der Waals surface area contributed by atoms with Crippen molar-refractivity contribution in [3.8, 4) is 0 Å². The van der Waals surface area contributed by atoms with Crippen molar-refractivity contribution in [1.29, 1.82) is 0 Å². The van der Waals surface area contributed by atoms with Crippen molar-refractivity contribution >= 4 is 17.5 Å². The molecule has 0 bridgehead atoms. The topological polar surface area (TPSA) is 58.2 Å². The maximum atomic E-state index is 13.0. The molecule has 0 fully saturated rings. The fourth-order valence-electron chi connectivity index (χ4n) is 2.02. The van der Waals surface area contributed by atoms with Gasteiger partial charge in [-0.15, -0.1) is 0 Å². The van der Waals surface area contributed by atoms with Gasteiger partial charge >= 0.3 is 6.18 Å². The lowest BCUT2D eigenvalue weighted by atomic mass is 9.90. The van der Waals surface area contributed by atoms with Crippen LogP contribution in [0.3, 0.4) is 0 Å². The normalized spacial score (nSPS) is 11.9. The van der Waals surface area contributed by atoms with Crippen LogP contribution < -0.4 is 10.6 Å². The van der Waals surface area contributed by atoms with Crippen LogP contribution in [0.1, 0.15) is 45.6 Å². The molecule has 1 rings (SSSR count). The van der Waals surface area contributed by atoms with Gasteiger partial charge in [0.05, 0.1) is 11.3 Å². The van der Waals surface area contributed by atoms with Crippen LogP contribution >= 0.6 is 0 Å². The van der Waals surface area contributed by atoms with Crippen molar-refractivity contribution in [1.82, 2.24) is 5.32 Å². The standard InChI is InChI=1S/C17H23F3N2O2/c1-4-5-8-11-21-14(23)16(2,3)15(24)22-13-10-7-6-9-12(13)17(18,19)20/h6-7,9-10H,4-5,8,11H2,1-3H3,(H,21,23)(H,22,24). The number of unbranched alkanes of at least 4 members (excludes halogenated alkanes) is 2. The van der Waals surface area contributed by atoms with E-state index in [0.717, 1.165) is 31.4 Å². The molecule has 1 aromatic carbocycles. The Morgan fingerprint density at radius 1 is 1.04 bits per heavy atom. The van der Waals surface area contributed by atoms with Crippen LogP contribution in [0, 0.1) is 5.41 Å². The van der Waals surface area contributed by atoms with Crippen molar-refractivity contribution in [2.75, 3.05) is 11.9 Å². The number of halogens is 3. The van der Waals surface area contributed by atoms with E-state index in [2.05, 4.69) is 10.6 Å². The highest BCUT2D eigenvalue weighted by Crippen LogP contribution is 2.35. The summed E-state index contributed by atoms with van der Waals surface area (Å²) in [6.45, 7) is 5.22. The third-order valence-corrected chi connectivity index (χ3v) is 3.68. The number of carbonyl (C=O) groups is 2. The molecule has 24 heavy (non-hydrogen) atoms. The Bertz CT molecular complexity index is 583. The highest BCUT2D eigenvalue weighted by Gasteiger charge is 2.38. The average Bonchev–Trinajstić information content (AvgIpc) is 2.50. The Morgan fingerprint density at radius 2 is 1.67 bits per heavy atom. The molecule has 134 valence electrons. The molecule has 2 amide bonds. The van der Waals surface area contributed by atoms with E-state index in [4.69, 9.17) is 0 Å². The summed E-state index contributed by atoms with van der Waals surface area (Å²) < 4.78 is 38.9. The molecule has 0 spiro atoms. The summed E-state index contributed by atoms with van der Waals surface area (Å²) in [6.07, 6.45) is -1.85. The van der Waals surface area contributed by atoms with Gasteiger partial charge in [0.1, 0.15) is 5.41 Å². The number of para-hydroxylation sites is 1. The minimum Gasteiger partial charge on any atom is -0.355 e. The molecular weight excluding hydrogens is 321 g/mol. The van der Waals surface area contributed by atoms with E-state index in [9.17, 15) is 22.8 Å². The van der Waals surface area contributed by atoms with Crippen LogP contribution in [0.15, 0.2) is 24.3 Å². The Morgan fingerprint density at radius 3 is 2.25 bits per heavy atom. The summed E-state index contributed by atoms with van der Waals surface area (Å²) >= 11 is 0. The van der Waals surface area contributed by atoms with Gasteiger partial charge in [0.2, 0.25) is 11.8 Å². The molecule has 0 unspecified atom stereocenters. The molecule has 0 aliphatic rings. The van der Waals surface area contributed by atoms with Gasteiger partial charge in [-0.2, -0.15) is 13.2 Å². The molecule has 1 aromatic rings. The van der Waals surface area contributed by atoms with Gasteiger partial charge in [-0.3, -0.25) is 9.59 Å². The lowest BCUT2D eigenvalue weighted by Crippen LogP contribution is -2.45. The number of alkyl halides is 3. The predicted molar refractivity (Wildman–Crippen MR) is 86.4 cm³/mol. The van der Waals surface area contributed by atoms with Gasteiger partial charge in [-0.25, -0.2) is 0 Å². The largest absolute Gasteiger partial charge is 0.418 e. The van der Waals surface area contributed by atoms with E-state index in [1.807, 2.05) is 6.92 Å². The monoisotopic (exact) mass is 344 g/mol. The first-order chi connectivity index (χ1) is 11.1. The van der Waals surface area contributed by atoms with E-state index < -0.39 is 29.0 Å². The second-order valence-corrected chi connectivity index (χ2v) is 6.09. The number of rotatable bonds is 7. The van der Waals surface area contributed by atoms with Gasteiger partial charge < -0.3 is 10.6 Å². The third kappa shape index (κ3) is 5.25. The number of anilines is 1. The van der Waals surface area contributed by atoms with Crippen LogP contribution in [-0.4, -0.2) is 18.4 Å². The Hall–Kier alpha value is -2.05. The number of carbonyl (C=O) groups excluding carboxylic acids is 2. The van der Waals surface area contributed by atoms with Gasteiger partial charge in [0.25, 0.3) is 0 Å². The fourth-order valence-corrected chi connectivity index (χ4v) is 2.02. The molecule has 0 atom stereocenters. The average molecular weight is 344 g/mol. The minimum absolute atomic E-state index is 0.359. The Labute approximate surface area is 139 Å². The van der Waals surface area contributed by atoms with E-state index in [0.29, 0.717) is 6.54 Å². The van der Waals surface area contributed by atoms with Gasteiger partial charge in [-0.1, -0.05) is 31.9 Å². The summed E-state index contributed by atoms with van der Waals surface area (Å²) in [5.41, 5.74) is -2.79. The number of benzene rings is 1. The lowest BCUT2D eigenvalue weighted by molar-refractivity contribution is -0.138. The molecule has 0 saturated carbocycles. The molecule has 2 N–H and O–H groups in total. The summed E-state index contributed by atoms with van der Waals surface area (Å²) in [4.78, 5) is 24.5. The third-order valence-electron chi connectivity index (χ3n) is 3.68. The maximum absolute atomic E-state index is 13.0. The molecular formula is C17H23F3N2O2. The maximum Gasteiger partial charge on any atom is 0.418 e. The van der Waals surface area contributed by atoms with Crippen molar-refractivity contribution < 1.29 is 22.8 Å². The van der Waals surface area contributed by atoms with E-state index >= 15 is 0 Å².